The van der Waals surface area contributed by atoms with Crippen LogP contribution in [0, 0.1) is 5.92 Å². The van der Waals surface area contributed by atoms with Gasteiger partial charge in [-0.25, -0.2) is 0 Å². The molecule has 68 valence electrons. The van der Waals surface area contributed by atoms with Gasteiger partial charge in [0.15, 0.2) is 0 Å². The molecule has 0 saturated heterocycles. The summed E-state index contributed by atoms with van der Waals surface area (Å²) in [5.74, 6) is 0.601. The minimum absolute atomic E-state index is 0.348. The van der Waals surface area contributed by atoms with E-state index in [0.717, 1.165) is 13.0 Å². The van der Waals surface area contributed by atoms with Crippen molar-refractivity contribution in [2.75, 3.05) is 6.54 Å². The monoisotopic (exact) mass is 158 g/mol. The van der Waals surface area contributed by atoms with E-state index >= 15 is 0 Å². The molecular formula is C9H22N2. The van der Waals surface area contributed by atoms with Gasteiger partial charge in [-0.15, -0.1) is 0 Å². The number of hydrogen-bond donors (Lipinski definition) is 2. The summed E-state index contributed by atoms with van der Waals surface area (Å²) >= 11 is 0. The lowest BCUT2D eigenvalue weighted by Gasteiger charge is -2.16. The first kappa shape index (κ1) is 10.9. The van der Waals surface area contributed by atoms with Crippen molar-refractivity contribution in [3.05, 3.63) is 0 Å². The third kappa shape index (κ3) is 6.32. The number of nitrogens with one attached hydrogen (secondary N) is 1. The maximum absolute atomic E-state index is 5.86. The lowest BCUT2D eigenvalue weighted by atomic mass is 10.0. The molecule has 0 radical (unpaired) electrons. The zero-order valence-corrected chi connectivity index (χ0v) is 8.22. The molecule has 0 aliphatic carbocycles. The van der Waals surface area contributed by atoms with E-state index in [-0.39, 0.29) is 0 Å². The van der Waals surface area contributed by atoms with Crippen LogP contribution in [0.2, 0.25) is 0 Å². The first-order chi connectivity index (χ1) is 5.04. The van der Waals surface area contributed by atoms with Crippen LogP contribution < -0.4 is 11.1 Å². The summed E-state index contributed by atoms with van der Waals surface area (Å²) < 4.78 is 0. The van der Waals surface area contributed by atoms with Crippen molar-refractivity contribution in [2.45, 2.75) is 46.2 Å². The van der Waals surface area contributed by atoms with Crippen molar-refractivity contribution in [3.63, 3.8) is 0 Å². The Morgan fingerprint density at radius 2 is 1.73 bits per heavy atom. The lowest BCUT2D eigenvalue weighted by Crippen LogP contribution is -2.33. The Kier molecular flexibility index (Phi) is 5.51. The summed E-state index contributed by atoms with van der Waals surface area (Å²) in [6.07, 6.45) is 1.08. The lowest BCUT2D eigenvalue weighted by molar-refractivity contribution is 0.438. The summed E-state index contributed by atoms with van der Waals surface area (Å²) in [5.41, 5.74) is 5.86. The predicted octanol–water partition coefficient (Wildman–Crippen LogP) is 1.36. The summed E-state index contributed by atoms with van der Waals surface area (Å²) in [7, 11) is 0. The van der Waals surface area contributed by atoms with Gasteiger partial charge in [-0.05, 0) is 18.9 Å². The molecule has 0 heterocycles. The fourth-order valence-corrected chi connectivity index (χ4v) is 0.872. The van der Waals surface area contributed by atoms with Crippen molar-refractivity contribution in [2.24, 2.45) is 11.7 Å². The van der Waals surface area contributed by atoms with E-state index in [1.54, 1.807) is 0 Å². The normalized spacial score (nSPS) is 14.5. The third-order valence-electron chi connectivity index (χ3n) is 1.89. The molecule has 0 fully saturated rings. The standard InChI is InChI=1S/C9H22N2/c1-7(2)9(10)5-6-11-8(3)4/h7-9,11H,5-6,10H2,1-4H3. The second-order valence-corrected chi connectivity index (χ2v) is 3.81. The second kappa shape index (κ2) is 5.56. The minimum Gasteiger partial charge on any atom is -0.327 e. The molecule has 0 aliphatic heterocycles. The highest BCUT2D eigenvalue weighted by Crippen LogP contribution is 2.01. The van der Waals surface area contributed by atoms with Crippen LogP contribution in [0.4, 0.5) is 0 Å². The van der Waals surface area contributed by atoms with Crippen LogP contribution >= 0.6 is 0 Å². The minimum atomic E-state index is 0.348. The van der Waals surface area contributed by atoms with Crippen LogP contribution in [0.1, 0.15) is 34.1 Å². The maximum atomic E-state index is 5.86. The van der Waals surface area contributed by atoms with E-state index in [4.69, 9.17) is 5.73 Å². The van der Waals surface area contributed by atoms with Crippen LogP contribution in [-0.2, 0) is 0 Å². The van der Waals surface area contributed by atoms with Gasteiger partial charge in [0.1, 0.15) is 0 Å². The number of rotatable bonds is 5. The molecule has 2 heteroatoms. The molecule has 0 aromatic rings. The molecule has 11 heavy (non-hydrogen) atoms. The molecule has 0 amide bonds. The molecular weight excluding hydrogens is 136 g/mol. The SMILES string of the molecule is CC(C)NCCC(N)C(C)C. The Morgan fingerprint density at radius 1 is 1.18 bits per heavy atom. The van der Waals surface area contributed by atoms with Crippen molar-refractivity contribution in [1.29, 1.82) is 0 Å². The van der Waals surface area contributed by atoms with Gasteiger partial charge in [-0.3, -0.25) is 0 Å². The molecule has 2 nitrogen and oxygen atoms in total. The largest absolute Gasteiger partial charge is 0.327 e. The smallest absolute Gasteiger partial charge is 0.00739 e. The van der Waals surface area contributed by atoms with Gasteiger partial charge >= 0.3 is 0 Å². The Bertz CT molecular complexity index is 89.6. The van der Waals surface area contributed by atoms with Crippen LogP contribution in [0.25, 0.3) is 0 Å². The number of nitrogens with two attached hydrogens (primary N) is 1. The van der Waals surface area contributed by atoms with Crippen molar-refractivity contribution >= 4 is 0 Å². The topological polar surface area (TPSA) is 38.0 Å². The Hall–Kier alpha value is -0.0800. The molecule has 0 aliphatic rings. The molecule has 0 saturated carbocycles. The fourth-order valence-electron chi connectivity index (χ4n) is 0.872. The molecule has 0 aromatic carbocycles. The molecule has 1 atom stereocenters. The molecule has 0 bridgehead atoms. The zero-order valence-electron chi connectivity index (χ0n) is 8.22. The van der Waals surface area contributed by atoms with Gasteiger partial charge in [-0.2, -0.15) is 0 Å². The van der Waals surface area contributed by atoms with Crippen LogP contribution in [0.5, 0.6) is 0 Å². The Morgan fingerprint density at radius 3 is 2.09 bits per heavy atom. The summed E-state index contributed by atoms with van der Waals surface area (Å²) in [6, 6.07) is 0.926. The highest BCUT2D eigenvalue weighted by molar-refractivity contribution is 4.67. The molecule has 1 unspecified atom stereocenters. The van der Waals surface area contributed by atoms with Crippen LogP contribution in [-0.4, -0.2) is 18.6 Å². The van der Waals surface area contributed by atoms with E-state index in [1.807, 2.05) is 0 Å². The second-order valence-electron chi connectivity index (χ2n) is 3.81. The van der Waals surface area contributed by atoms with E-state index in [9.17, 15) is 0 Å². The van der Waals surface area contributed by atoms with Gasteiger partial charge in [0, 0.05) is 12.1 Å². The molecule has 3 N–H and O–H groups in total. The van der Waals surface area contributed by atoms with Gasteiger partial charge in [0.05, 0.1) is 0 Å². The van der Waals surface area contributed by atoms with E-state index < -0.39 is 0 Å². The first-order valence-electron chi connectivity index (χ1n) is 4.53. The Labute approximate surface area is 70.5 Å². The van der Waals surface area contributed by atoms with Crippen molar-refractivity contribution < 1.29 is 0 Å². The fraction of sp³-hybridized carbons (Fsp3) is 1.00. The molecule has 0 rings (SSSR count). The summed E-state index contributed by atoms with van der Waals surface area (Å²) in [6.45, 7) is 9.68. The van der Waals surface area contributed by atoms with E-state index in [1.165, 1.54) is 0 Å². The van der Waals surface area contributed by atoms with Gasteiger partial charge < -0.3 is 11.1 Å². The van der Waals surface area contributed by atoms with E-state index in [0.29, 0.717) is 18.0 Å². The predicted molar refractivity (Wildman–Crippen MR) is 50.6 cm³/mol. The molecule has 0 aromatic heterocycles. The van der Waals surface area contributed by atoms with Crippen molar-refractivity contribution in [1.82, 2.24) is 5.32 Å². The van der Waals surface area contributed by atoms with Gasteiger partial charge in [0.25, 0.3) is 0 Å². The highest BCUT2D eigenvalue weighted by Gasteiger charge is 2.06. The summed E-state index contributed by atoms with van der Waals surface area (Å²) in [5, 5.41) is 3.35. The van der Waals surface area contributed by atoms with Crippen LogP contribution in [0.15, 0.2) is 0 Å². The average Bonchev–Trinajstić information content (AvgIpc) is 1.86. The van der Waals surface area contributed by atoms with Crippen molar-refractivity contribution in [3.8, 4) is 0 Å². The summed E-state index contributed by atoms with van der Waals surface area (Å²) in [4.78, 5) is 0. The van der Waals surface area contributed by atoms with E-state index in [2.05, 4.69) is 33.0 Å². The first-order valence-corrected chi connectivity index (χ1v) is 4.53. The highest BCUT2D eigenvalue weighted by atomic mass is 14.9. The molecule has 0 spiro atoms. The quantitative estimate of drug-likeness (QED) is 0.634. The zero-order chi connectivity index (χ0) is 8.85. The Balaban J connectivity index is 3.24. The number of hydrogen-bond acceptors (Lipinski definition) is 2. The average molecular weight is 158 g/mol. The van der Waals surface area contributed by atoms with Gasteiger partial charge in [0.2, 0.25) is 0 Å². The van der Waals surface area contributed by atoms with Gasteiger partial charge in [-0.1, -0.05) is 27.7 Å². The maximum Gasteiger partial charge on any atom is 0.00739 e. The van der Waals surface area contributed by atoms with Crippen LogP contribution in [0.3, 0.4) is 0 Å². The third-order valence-corrected chi connectivity index (χ3v) is 1.89.